The number of benzene rings is 1. The van der Waals surface area contributed by atoms with E-state index in [4.69, 9.17) is 5.73 Å². The van der Waals surface area contributed by atoms with Crippen molar-refractivity contribution in [1.29, 1.82) is 0 Å². The van der Waals surface area contributed by atoms with Crippen LogP contribution < -0.4 is 10.6 Å². The predicted molar refractivity (Wildman–Crippen MR) is 83.8 cm³/mol. The van der Waals surface area contributed by atoms with Gasteiger partial charge in [-0.2, -0.15) is 0 Å². The normalized spacial score (nSPS) is 17.5. The highest BCUT2D eigenvalue weighted by molar-refractivity contribution is 7.16. The smallest absolute Gasteiger partial charge is 0.106 e. The Hall–Kier alpha value is -1.29. The van der Waals surface area contributed by atoms with E-state index in [0.717, 1.165) is 36.1 Å². The van der Waals surface area contributed by atoms with Gasteiger partial charge in [0.25, 0.3) is 0 Å². The lowest BCUT2D eigenvalue weighted by Crippen LogP contribution is -2.35. The van der Waals surface area contributed by atoms with Crippen molar-refractivity contribution in [3.05, 3.63) is 17.6 Å². The number of aromatic nitrogens is 1. The summed E-state index contributed by atoms with van der Waals surface area (Å²) in [5, 5.41) is 0. The maximum absolute atomic E-state index is 6.29. The third-order valence-electron chi connectivity index (χ3n) is 4.34. The zero-order valence-corrected chi connectivity index (χ0v) is 12.4. The van der Waals surface area contributed by atoms with Gasteiger partial charge in [-0.05, 0) is 36.8 Å². The number of rotatable bonds is 2. The summed E-state index contributed by atoms with van der Waals surface area (Å²) >= 11 is 1.65. The topological polar surface area (TPSA) is 42.2 Å². The molecule has 19 heavy (non-hydrogen) atoms. The molecule has 0 atom stereocenters. The lowest BCUT2D eigenvalue weighted by Gasteiger charge is -2.35. The zero-order valence-electron chi connectivity index (χ0n) is 11.6. The van der Waals surface area contributed by atoms with Crippen LogP contribution >= 0.6 is 11.3 Å². The van der Waals surface area contributed by atoms with E-state index < -0.39 is 0 Å². The lowest BCUT2D eigenvalue weighted by atomic mass is 9.86. The van der Waals surface area contributed by atoms with E-state index in [-0.39, 0.29) is 0 Å². The molecule has 0 amide bonds. The second-order valence-corrected chi connectivity index (χ2v) is 6.65. The van der Waals surface area contributed by atoms with Crippen LogP contribution in [0.1, 0.15) is 26.7 Å². The van der Waals surface area contributed by atoms with Gasteiger partial charge in [0.05, 0.1) is 21.6 Å². The standard InChI is InChI=1S/C15H21N3S/c1-10(2)11-5-7-18(8-6-11)12-3-4-13-15(14(12)16)17-9-19-13/h3-4,9-11H,5-8,16H2,1-2H3. The van der Waals surface area contributed by atoms with Crippen LogP contribution in [0, 0.1) is 11.8 Å². The van der Waals surface area contributed by atoms with Crippen LogP contribution in [0.15, 0.2) is 17.6 Å². The fraction of sp³-hybridized carbons (Fsp3) is 0.533. The molecule has 0 saturated carbocycles. The number of nitrogen functional groups attached to an aromatic ring is 1. The minimum atomic E-state index is 0.792. The molecule has 0 radical (unpaired) electrons. The number of thiazole rings is 1. The number of fused-ring (bicyclic) bond motifs is 1. The summed E-state index contributed by atoms with van der Waals surface area (Å²) in [5.74, 6) is 1.65. The van der Waals surface area contributed by atoms with Gasteiger partial charge in [0.15, 0.2) is 0 Å². The highest BCUT2D eigenvalue weighted by Crippen LogP contribution is 2.35. The molecule has 3 nitrogen and oxygen atoms in total. The first-order chi connectivity index (χ1) is 9.16. The molecule has 1 saturated heterocycles. The SMILES string of the molecule is CC(C)C1CCN(c2ccc3scnc3c2N)CC1. The van der Waals surface area contributed by atoms with Crippen molar-refractivity contribution in [3.63, 3.8) is 0 Å². The van der Waals surface area contributed by atoms with E-state index in [9.17, 15) is 0 Å². The average molecular weight is 275 g/mol. The second kappa shape index (κ2) is 5.00. The average Bonchev–Trinajstić information content (AvgIpc) is 2.88. The predicted octanol–water partition coefficient (Wildman–Crippen LogP) is 3.75. The Morgan fingerprint density at radius 2 is 2.05 bits per heavy atom. The first kappa shape index (κ1) is 12.7. The van der Waals surface area contributed by atoms with E-state index in [1.807, 2.05) is 5.51 Å². The van der Waals surface area contributed by atoms with Gasteiger partial charge in [0, 0.05) is 13.1 Å². The molecule has 4 heteroatoms. The first-order valence-corrected chi connectivity index (χ1v) is 7.91. The van der Waals surface area contributed by atoms with E-state index in [2.05, 4.69) is 35.9 Å². The lowest BCUT2D eigenvalue weighted by molar-refractivity contribution is 0.311. The van der Waals surface area contributed by atoms with Crippen molar-refractivity contribution >= 4 is 32.9 Å². The maximum Gasteiger partial charge on any atom is 0.106 e. The molecule has 102 valence electrons. The minimum absolute atomic E-state index is 0.792. The Kier molecular flexibility index (Phi) is 3.35. The van der Waals surface area contributed by atoms with Crippen molar-refractivity contribution < 1.29 is 0 Å². The van der Waals surface area contributed by atoms with E-state index in [1.54, 1.807) is 11.3 Å². The molecule has 3 rings (SSSR count). The molecular weight excluding hydrogens is 254 g/mol. The van der Waals surface area contributed by atoms with Crippen LogP contribution in [-0.2, 0) is 0 Å². The van der Waals surface area contributed by atoms with Gasteiger partial charge in [-0.1, -0.05) is 13.8 Å². The molecule has 0 aliphatic carbocycles. The fourth-order valence-corrected chi connectivity index (χ4v) is 3.72. The summed E-state index contributed by atoms with van der Waals surface area (Å²) in [5.41, 5.74) is 11.1. The first-order valence-electron chi connectivity index (χ1n) is 7.03. The third-order valence-corrected chi connectivity index (χ3v) is 5.14. The largest absolute Gasteiger partial charge is 0.395 e. The Morgan fingerprint density at radius 3 is 2.74 bits per heavy atom. The highest BCUT2D eigenvalue weighted by atomic mass is 32.1. The minimum Gasteiger partial charge on any atom is -0.395 e. The Balaban J connectivity index is 1.83. The van der Waals surface area contributed by atoms with Crippen LogP contribution in [0.4, 0.5) is 11.4 Å². The van der Waals surface area contributed by atoms with Gasteiger partial charge in [-0.25, -0.2) is 4.98 Å². The fourth-order valence-electron chi connectivity index (χ4n) is 3.02. The van der Waals surface area contributed by atoms with E-state index in [0.29, 0.717) is 0 Å². The number of nitrogens with zero attached hydrogens (tertiary/aromatic N) is 2. The van der Waals surface area contributed by atoms with Gasteiger partial charge in [-0.3, -0.25) is 0 Å². The Bertz CT molecular complexity index is 568. The van der Waals surface area contributed by atoms with Gasteiger partial charge in [0.1, 0.15) is 5.52 Å². The molecule has 2 heterocycles. The maximum atomic E-state index is 6.29. The monoisotopic (exact) mass is 275 g/mol. The number of hydrogen-bond acceptors (Lipinski definition) is 4. The zero-order chi connectivity index (χ0) is 13.4. The van der Waals surface area contributed by atoms with Crippen LogP contribution in [0.5, 0.6) is 0 Å². The van der Waals surface area contributed by atoms with Gasteiger partial charge in [-0.15, -0.1) is 11.3 Å². The molecule has 1 aromatic heterocycles. The van der Waals surface area contributed by atoms with Crippen LogP contribution in [0.2, 0.25) is 0 Å². The molecule has 0 spiro atoms. The summed E-state index contributed by atoms with van der Waals surface area (Å²) in [6.07, 6.45) is 2.54. The summed E-state index contributed by atoms with van der Waals surface area (Å²) in [7, 11) is 0. The summed E-state index contributed by atoms with van der Waals surface area (Å²) < 4.78 is 1.18. The van der Waals surface area contributed by atoms with Crippen LogP contribution in [-0.4, -0.2) is 18.1 Å². The second-order valence-electron chi connectivity index (χ2n) is 5.77. The molecule has 0 unspecified atom stereocenters. The Morgan fingerprint density at radius 1 is 1.32 bits per heavy atom. The molecule has 2 N–H and O–H groups in total. The van der Waals surface area contributed by atoms with Gasteiger partial charge >= 0.3 is 0 Å². The molecule has 1 aliphatic rings. The molecule has 1 fully saturated rings. The molecule has 2 aromatic rings. The van der Waals surface area contributed by atoms with Crippen molar-refractivity contribution in [2.45, 2.75) is 26.7 Å². The number of nitrogens with two attached hydrogens (primary N) is 1. The summed E-state index contributed by atoms with van der Waals surface area (Å²) in [6, 6.07) is 4.30. The van der Waals surface area contributed by atoms with E-state index in [1.165, 1.54) is 23.2 Å². The van der Waals surface area contributed by atoms with Crippen molar-refractivity contribution in [2.24, 2.45) is 11.8 Å². The van der Waals surface area contributed by atoms with Gasteiger partial charge in [0.2, 0.25) is 0 Å². The van der Waals surface area contributed by atoms with Gasteiger partial charge < -0.3 is 10.6 Å². The van der Waals surface area contributed by atoms with Crippen molar-refractivity contribution in [1.82, 2.24) is 4.98 Å². The highest BCUT2D eigenvalue weighted by Gasteiger charge is 2.23. The summed E-state index contributed by atoms with van der Waals surface area (Å²) in [6.45, 7) is 6.89. The Labute approximate surface area is 118 Å². The number of hydrogen-bond donors (Lipinski definition) is 1. The molecule has 1 aromatic carbocycles. The van der Waals surface area contributed by atoms with Crippen molar-refractivity contribution in [3.8, 4) is 0 Å². The number of anilines is 2. The third kappa shape index (κ3) is 2.29. The number of piperidine rings is 1. The molecule has 1 aliphatic heterocycles. The quantitative estimate of drug-likeness (QED) is 0.849. The molecular formula is C15H21N3S. The van der Waals surface area contributed by atoms with Crippen molar-refractivity contribution in [2.75, 3.05) is 23.7 Å². The molecule has 0 bridgehead atoms. The van der Waals surface area contributed by atoms with Crippen LogP contribution in [0.25, 0.3) is 10.2 Å². The van der Waals surface area contributed by atoms with Crippen LogP contribution in [0.3, 0.4) is 0 Å². The summed E-state index contributed by atoms with van der Waals surface area (Å²) in [4.78, 5) is 6.81. The van der Waals surface area contributed by atoms with E-state index >= 15 is 0 Å².